The lowest BCUT2D eigenvalue weighted by molar-refractivity contribution is 0.584. The van der Waals surface area contributed by atoms with Crippen LogP contribution in [0.5, 0.6) is 0 Å². The van der Waals surface area contributed by atoms with Crippen LogP contribution in [0, 0.1) is 5.41 Å². The van der Waals surface area contributed by atoms with Crippen LogP contribution in [0.15, 0.2) is 65.7 Å². The van der Waals surface area contributed by atoms with E-state index in [4.69, 9.17) is 4.99 Å². The molecule has 47 heavy (non-hydrogen) atoms. The lowest BCUT2D eigenvalue weighted by Crippen LogP contribution is -2.19. The zero-order valence-electron chi connectivity index (χ0n) is 31.7. The van der Waals surface area contributed by atoms with Crippen molar-refractivity contribution < 1.29 is 0 Å². The van der Waals surface area contributed by atoms with E-state index >= 15 is 0 Å². The Balaban J connectivity index is 0.000000160. The first-order chi connectivity index (χ1) is 21.8. The summed E-state index contributed by atoms with van der Waals surface area (Å²) in [6, 6.07) is 22.2. The molecule has 5 aromatic rings. The van der Waals surface area contributed by atoms with Crippen molar-refractivity contribution in [1.82, 2.24) is 15.0 Å². The summed E-state index contributed by atoms with van der Waals surface area (Å²) in [7, 11) is 0. The molecule has 0 amide bonds. The minimum atomic E-state index is 0.181. The summed E-state index contributed by atoms with van der Waals surface area (Å²) in [6.45, 7) is 31.1. The predicted octanol–water partition coefficient (Wildman–Crippen LogP) is 12.9. The first-order valence-corrected chi connectivity index (χ1v) is 17.7. The van der Waals surface area contributed by atoms with Crippen molar-refractivity contribution in [2.45, 2.75) is 132 Å². The number of aliphatic imine (C=N–C) groups is 1. The molecule has 0 spiro atoms. The summed E-state index contributed by atoms with van der Waals surface area (Å²) < 4.78 is 0. The lowest BCUT2D eigenvalue weighted by Gasteiger charge is -2.19. The molecule has 4 nitrogen and oxygen atoms in total. The lowest BCUT2D eigenvalue weighted by atomic mass is 9.85. The topological polar surface area (TPSA) is 56.8 Å². The summed E-state index contributed by atoms with van der Waals surface area (Å²) in [5, 5.41) is 1.32. The highest BCUT2D eigenvalue weighted by atomic mass is 14.9. The zero-order chi connectivity index (χ0) is 34.8. The standard InChI is InChI=1S/C16H23N.C14H19N.C13H18N2/c1-15(2,3)12-8-7-11-9-14(16(4,5)6)17-13(11)10-12;1-9(2)11-5-6-12-8-13(10(3)4)15-14(12)7-11;1-8(2)10-5-6-11-12(7-10)15-13(14-11)9(3)4/h7-8,10H,9H2,1-6H3;5-10,15H,1-4H3;5-9H,1-4H3,(H,14,15). The summed E-state index contributed by atoms with van der Waals surface area (Å²) in [5.74, 6) is 3.27. The van der Waals surface area contributed by atoms with Crippen LogP contribution in [-0.2, 0) is 11.8 Å². The van der Waals surface area contributed by atoms with E-state index in [-0.39, 0.29) is 10.8 Å². The largest absolute Gasteiger partial charge is 0.358 e. The molecule has 2 aromatic heterocycles. The third kappa shape index (κ3) is 9.03. The molecule has 4 heteroatoms. The van der Waals surface area contributed by atoms with E-state index in [1.807, 2.05) is 0 Å². The minimum absolute atomic E-state index is 0.181. The van der Waals surface area contributed by atoms with Crippen molar-refractivity contribution in [2.75, 3.05) is 0 Å². The Labute approximate surface area is 284 Å². The van der Waals surface area contributed by atoms with E-state index in [2.05, 4.69) is 173 Å². The fourth-order valence-electron chi connectivity index (χ4n) is 5.60. The Morgan fingerprint density at radius 1 is 0.596 bits per heavy atom. The number of nitrogens with one attached hydrogen (secondary N) is 2. The molecule has 3 aromatic carbocycles. The van der Waals surface area contributed by atoms with Gasteiger partial charge in [0.15, 0.2) is 0 Å². The van der Waals surface area contributed by atoms with Gasteiger partial charge in [0.2, 0.25) is 0 Å². The number of aromatic amines is 2. The summed E-state index contributed by atoms with van der Waals surface area (Å²) in [4.78, 5) is 16.2. The second kappa shape index (κ2) is 14.2. The Hall–Kier alpha value is -3.66. The highest BCUT2D eigenvalue weighted by Crippen LogP contribution is 2.36. The third-order valence-corrected chi connectivity index (χ3v) is 9.12. The van der Waals surface area contributed by atoms with E-state index in [1.165, 1.54) is 50.2 Å². The average molecular weight is 633 g/mol. The maximum atomic E-state index is 4.81. The SMILES string of the molecule is CC(C)(C)C1=Nc2cc(C(C)(C)C)ccc2C1.CC(C)c1ccc2cc(C(C)C)[nH]c2c1.CC(C)c1ccc2nc(C(C)C)[nH]c2c1. The monoisotopic (exact) mass is 632 g/mol. The van der Waals surface area contributed by atoms with Gasteiger partial charge in [0.05, 0.1) is 16.7 Å². The quantitative estimate of drug-likeness (QED) is 0.203. The maximum absolute atomic E-state index is 4.81. The van der Waals surface area contributed by atoms with Crippen molar-refractivity contribution in [3.05, 3.63) is 94.4 Å². The summed E-state index contributed by atoms with van der Waals surface area (Å²) in [5.41, 5.74) is 13.2. The van der Waals surface area contributed by atoms with Gasteiger partial charge >= 0.3 is 0 Å². The molecule has 6 rings (SSSR count). The van der Waals surface area contributed by atoms with Crippen molar-refractivity contribution in [2.24, 2.45) is 10.4 Å². The molecule has 1 aliphatic rings. The number of nitrogens with zero attached hydrogens (tertiary/aromatic N) is 2. The van der Waals surface area contributed by atoms with Crippen LogP contribution in [-0.4, -0.2) is 20.7 Å². The number of aromatic nitrogens is 3. The van der Waals surface area contributed by atoms with Crippen LogP contribution in [0.3, 0.4) is 0 Å². The van der Waals surface area contributed by atoms with E-state index in [1.54, 1.807) is 0 Å². The average Bonchev–Trinajstić information content (AvgIpc) is 3.72. The molecular weight excluding hydrogens is 573 g/mol. The van der Waals surface area contributed by atoms with Crippen LogP contribution in [0.4, 0.5) is 5.69 Å². The van der Waals surface area contributed by atoms with Gasteiger partial charge in [0.25, 0.3) is 0 Å². The highest BCUT2D eigenvalue weighted by Gasteiger charge is 2.26. The van der Waals surface area contributed by atoms with E-state index < -0.39 is 0 Å². The van der Waals surface area contributed by atoms with Crippen molar-refractivity contribution in [3.8, 4) is 0 Å². The van der Waals surface area contributed by atoms with Gasteiger partial charge in [-0.25, -0.2) is 4.98 Å². The number of hydrogen-bond acceptors (Lipinski definition) is 2. The van der Waals surface area contributed by atoms with Gasteiger partial charge in [-0.15, -0.1) is 0 Å². The number of imidazole rings is 1. The van der Waals surface area contributed by atoms with Crippen LogP contribution >= 0.6 is 0 Å². The molecule has 0 bridgehead atoms. The predicted molar refractivity (Wildman–Crippen MR) is 206 cm³/mol. The Bertz CT molecular complexity index is 1730. The highest BCUT2D eigenvalue weighted by molar-refractivity contribution is 5.97. The van der Waals surface area contributed by atoms with Gasteiger partial charge in [-0.05, 0) is 81.1 Å². The molecule has 2 N–H and O–H groups in total. The number of H-pyrrole nitrogens is 2. The molecule has 0 saturated heterocycles. The fraction of sp³-hybridized carbons (Fsp3) is 0.488. The van der Waals surface area contributed by atoms with Crippen LogP contribution in [0.2, 0.25) is 0 Å². The first-order valence-electron chi connectivity index (χ1n) is 17.7. The smallest absolute Gasteiger partial charge is 0.109 e. The molecular formula is C43H60N4. The number of fused-ring (bicyclic) bond motifs is 3. The Morgan fingerprint density at radius 2 is 1.21 bits per heavy atom. The second-order valence-corrected chi connectivity index (χ2v) is 16.7. The van der Waals surface area contributed by atoms with Gasteiger partial charge in [-0.2, -0.15) is 0 Å². The molecule has 1 aliphatic heterocycles. The van der Waals surface area contributed by atoms with Crippen LogP contribution in [0.25, 0.3) is 21.9 Å². The number of rotatable bonds is 4. The molecule has 0 aliphatic carbocycles. The van der Waals surface area contributed by atoms with E-state index in [0.29, 0.717) is 23.7 Å². The van der Waals surface area contributed by atoms with Gasteiger partial charge in [-0.1, -0.05) is 127 Å². The third-order valence-electron chi connectivity index (χ3n) is 9.12. The maximum Gasteiger partial charge on any atom is 0.109 e. The molecule has 3 heterocycles. The molecule has 0 atom stereocenters. The van der Waals surface area contributed by atoms with Gasteiger partial charge in [-0.3, -0.25) is 4.99 Å². The number of hydrogen-bond donors (Lipinski definition) is 2. The summed E-state index contributed by atoms with van der Waals surface area (Å²) in [6.07, 6.45) is 1.02. The molecule has 252 valence electrons. The minimum Gasteiger partial charge on any atom is -0.358 e. The second-order valence-electron chi connectivity index (χ2n) is 16.7. The molecule has 0 radical (unpaired) electrons. The van der Waals surface area contributed by atoms with Crippen LogP contribution < -0.4 is 0 Å². The fourth-order valence-corrected chi connectivity index (χ4v) is 5.60. The molecule has 0 saturated carbocycles. The van der Waals surface area contributed by atoms with E-state index in [9.17, 15) is 0 Å². The molecule has 0 fully saturated rings. The Morgan fingerprint density at radius 3 is 1.77 bits per heavy atom. The Kier molecular flexibility index (Phi) is 10.9. The van der Waals surface area contributed by atoms with Crippen LogP contribution in [0.1, 0.15) is 154 Å². The zero-order valence-corrected chi connectivity index (χ0v) is 31.7. The van der Waals surface area contributed by atoms with Crippen molar-refractivity contribution in [3.63, 3.8) is 0 Å². The van der Waals surface area contributed by atoms with Crippen molar-refractivity contribution in [1.29, 1.82) is 0 Å². The van der Waals surface area contributed by atoms with Gasteiger partial charge in [0.1, 0.15) is 5.82 Å². The number of benzene rings is 3. The summed E-state index contributed by atoms with van der Waals surface area (Å²) >= 11 is 0. The normalized spacial score (nSPS) is 13.3. The van der Waals surface area contributed by atoms with E-state index in [0.717, 1.165) is 23.3 Å². The van der Waals surface area contributed by atoms with Gasteiger partial charge in [0, 0.05) is 34.7 Å². The van der Waals surface area contributed by atoms with Crippen molar-refractivity contribution >= 4 is 33.3 Å². The molecule has 0 unspecified atom stereocenters. The first kappa shape index (κ1) is 36.2. The van der Waals surface area contributed by atoms with Gasteiger partial charge < -0.3 is 9.97 Å².